The Morgan fingerprint density at radius 3 is 2.43 bits per heavy atom. The molecule has 0 aromatic heterocycles. The molecule has 1 heteroatoms. The molecule has 0 aliphatic heterocycles. The second-order valence-electron chi connectivity index (χ2n) is 3.83. The van der Waals surface area contributed by atoms with Crippen molar-refractivity contribution in [2.45, 2.75) is 38.6 Å². The Morgan fingerprint density at radius 2 is 1.93 bits per heavy atom. The van der Waals surface area contributed by atoms with Gasteiger partial charge in [0.2, 0.25) is 0 Å². The summed E-state index contributed by atoms with van der Waals surface area (Å²) in [5.41, 5.74) is 6.99. The van der Waals surface area contributed by atoms with E-state index in [1.807, 2.05) is 6.08 Å². The molecule has 0 aliphatic rings. The molecular weight excluding hydrogens is 170 g/mol. The first-order chi connectivity index (χ1) is 6.61. The van der Waals surface area contributed by atoms with Gasteiger partial charge >= 0.3 is 0 Å². The van der Waals surface area contributed by atoms with Gasteiger partial charge in [-0.05, 0) is 25.2 Å². The summed E-state index contributed by atoms with van der Waals surface area (Å²) in [7, 11) is 0. The van der Waals surface area contributed by atoms with Crippen molar-refractivity contribution < 1.29 is 0 Å². The van der Waals surface area contributed by atoms with Crippen molar-refractivity contribution in [2.24, 2.45) is 11.7 Å². The molecule has 0 aromatic carbocycles. The van der Waals surface area contributed by atoms with E-state index in [1.54, 1.807) is 6.08 Å². The molecule has 0 spiro atoms. The first-order valence-electron chi connectivity index (χ1n) is 5.30. The van der Waals surface area contributed by atoms with E-state index in [1.165, 1.54) is 12.0 Å². The third kappa shape index (κ3) is 5.76. The Labute approximate surface area is 88.4 Å². The first-order valence-corrected chi connectivity index (χ1v) is 5.30. The van der Waals surface area contributed by atoms with E-state index in [9.17, 15) is 0 Å². The molecule has 0 fully saturated rings. The predicted molar refractivity (Wildman–Crippen MR) is 65.1 cm³/mol. The van der Waals surface area contributed by atoms with Gasteiger partial charge in [-0.1, -0.05) is 37.6 Å². The summed E-state index contributed by atoms with van der Waals surface area (Å²) in [5.74, 6) is 0.433. The molecule has 0 saturated heterocycles. The zero-order valence-corrected chi connectivity index (χ0v) is 9.34. The van der Waals surface area contributed by atoms with Crippen LogP contribution >= 0.6 is 0 Å². The molecule has 14 heavy (non-hydrogen) atoms. The lowest BCUT2D eigenvalue weighted by atomic mass is 9.97. The third-order valence-corrected chi connectivity index (χ3v) is 2.59. The van der Waals surface area contributed by atoms with Gasteiger partial charge in [-0.3, -0.25) is 0 Å². The lowest BCUT2D eigenvalue weighted by molar-refractivity contribution is 0.615. The molecule has 2 N–H and O–H groups in total. The van der Waals surface area contributed by atoms with E-state index in [0.29, 0.717) is 5.92 Å². The predicted octanol–water partition coefficient (Wildman–Crippen LogP) is 3.44. The zero-order valence-electron chi connectivity index (χ0n) is 9.34. The van der Waals surface area contributed by atoms with Gasteiger partial charge in [0.15, 0.2) is 0 Å². The van der Waals surface area contributed by atoms with Crippen molar-refractivity contribution in [1.29, 1.82) is 0 Å². The van der Waals surface area contributed by atoms with Crippen LogP contribution < -0.4 is 5.73 Å². The van der Waals surface area contributed by atoms with Gasteiger partial charge in [-0.25, -0.2) is 0 Å². The summed E-state index contributed by atoms with van der Waals surface area (Å²) in [4.78, 5) is 0. The fourth-order valence-corrected chi connectivity index (χ4v) is 1.24. The zero-order chi connectivity index (χ0) is 11.0. The minimum atomic E-state index is 0.153. The quantitative estimate of drug-likeness (QED) is 0.464. The monoisotopic (exact) mass is 193 g/mol. The summed E-state index contributed by atoms with van der Waals surface area (Å²) in [5, 5.41) is 0. The maximum atomic E-state index is 5.72. The van der Waals surface area contributed by atoms with Crippen LogP contribution in [0.5, 0.6) is 0 Å². The molecule has 80 valence electrons. The SMILES string of the molecule is C=CC(N)CCCCC(=C)C(C)C=C. The van der Waals surface area contributed by atoms with Gasteiger partial charge in [0.05, 0.1) is 0 Å². The molecule has 1 nitrogen and oxygen atoms in total. The molecule has 0 aromatic rings. The maximum absolute atomic E-state index is 5.72. The third-order valence-electron chi connectivity index (χ3n) is 2.59. The summed E-state index contributed by atoms with van der Waals surface area (Å²) in [6, 6.07) is 0.153. The van der Waals surface area contributed by atoms with Gasteiger partial charge in [-0.15, -0.1) is 13.2 Å². The van der Waals surface area contributed by atoms with Crippen molar-refractivity contribution in [3.8, 4) is 0 Å². The summed E-state index contributed by atoms with van der Waals surface area (Å²) < 4.78 is 0. The fourth-order valence-electron chi connectivity index (χ4n) is 1.24. The van der Waals surface area contributed by atoms with E-state index < -0.39 is 0 Å². The van der Waals surface area contributed by atoms with Crippen LogP contribution in [-0.4, -0.2) is 6.04 Å². The lowest BCUT2D eigenvalue weighted by Crippen LogP contribution is -2.15. The molecule has 0 amide bonds. The summed E-state index contributed by atoms with van der Waals surface area (Å²) in [6.45, 7) is 13.6. The lowest BCUT2D eigenvalue weighted by Gasteiger charge is -2.10. The number of hydrogen-bond donors (Lipinski definition) is 1. The highest BCUT2D eigenvalue weighted by Crippen LogP contribution is 2.16. The van der Waals surface area contributed by atoms with Crippen molar-refractivity contribution in [3.05, 3.63) is 37.5 Å². The first kappa shape index (κ1) is 13.2. The van der Waals surface area contributed by atoms with Crippen LogP contribution in [0.1, 0.15) is 32.6 Å². The van der Waals surface area contributed by atoms with E-state index in [0.717, 1.165) is 19.3 Å². The summed E-state index contributed by atoms with van der Waals surface area (Å²) >= 11 is 0. The van der Waals surface area contributed by atoms with E-state index in [4.69, 9.17) is 5.73 Å². The average molecular weight is 193 g/mol. The van der Waals surface area contributed by atoms with Crippen molar-refractivity contribution in [2.75, 3.05) is 0 Å². The van der Waals surface area contributed by atoms with Crippen LogP contribution in [-0.2, 0) is 0 Å². The van der Waals surface area contributed by atoms with Gasteiger partial charge in [0.1, 0.15) is 0 Å². The Bertz CT molecular complexity index is 193. The number of allylic oxidation sites excluding steroid dienone is 2. The van der Waals surface area contributed by atoms with Crippen LogP contribution in [0.2, 0.25) is 0 Å². The van der Waals surface area contributed by atoms with E-state index >= 15 is 0 Å². The van der Waals surface area contributed by atoms with Crippen molar-refractivity contribution >= 4 is 0 Å². The number of hydrogen-bond acceptors (Lipinski definition) is 1. The van der Waals surface area contributed by atoms with Crippen LogP contribution in [0.4, 0.5) is 0 Å². The van der Waals surface area contributed by atoms with Gasteiger partial charge < -0.3 is 5.73 Å². The van der Waals surface area contributed by atoms with Gasteiger partial charge in [0.25, 0.3) is 0 Å². The van der Waals surface area contributed by atoms with Crippen LogP contribution in [0.25, 0.3) is 0 Å². The molecule has 2 unspecified atom stereocenters. The maximum Gasteiger partial charge on any atom is 0.0221 e. The molecule has 0 radical (unpaired) electrons. The van der Waals surface area contributed by atoms with E-state index in [2.05, 4.69) is 26.7 Å². The normalized spacial score (nSPS) is 14.4. The molecule has 0 heterocycles. The Hall–Kier alpha value is -0.820. The highest BCUT2D eigenvalue weighted by molar-refractivity contribution is 5.05. The van der Waals surface area contributed by atoms with Crippen LogP contribution in [0.3, 0.4) is 0 Å². The minimum absolute atomic E-state index is 0.153. The number of nitrogens with two attached hydrogens (primary N) is 1. The smallest absolute Gasteiger partial charge is 0.0221 e. The van der Waals surface area contributed by atoms with Crippen LogP contribution in [0, 0.1) is 5.92 Å². The molecule has 0 bridgehead atoms. The Balaban J connectivity index is 3.49. The molecule has 0 rings (SSSR count). The molecule has 2 atom stereocenters. The standard InChI is InChI=1S/C13H23N/c1-5-11(3)12(4)9-7-8-10-13(14)6-2/h5-6,11,13H,1-2,4,7-10,14H2,3H3. The molecule has 0 saturated carbocycles. The fraction of sp³-hybridized carbons (Fsp3) is 0.538. The Morgan fingerprint density at radius 1 is 1.29 bits per heavy atom. The van der Waals surface area contributed by atoms with Crippen LogP contribution in [0.15, 0.2) is 37.5 Å². The van der Waals surface area contributed by atoms with Gasteiger partial charge in [0, 0.05) is 6.04 Å². The highest BCUT2D eigenvalue weighted by Gasteiger charge is 2.02. The van der Waals surface area contributed by atoms with Gasteiger partial charge in [-0.2, -0.15) is 0 Å². The topological polar surface area (TPSA) is 26.0 Å². The summed E-state index contributed by atoms with van der Waals surface area (Å²) in [6.07, 6.45) is 8.17. The largest absolute Gasteiger partial charge is 0.324 e. The molecular formula is C13H23N. The molecule has 0 aliphatic carbocycles. The Kier molecular flexibility index (Phi) is 7.13. The second-order valence-corrected chi connectivity index (χ2v) is 3.83. The van der Waals surface area contributed by atoms with Crippen molar-refractivity contribution in [1.82, 2.24) is 0 Å². The minimum Gasteiger partial charge on any atom is -0.324 e. The van der Waals surface area contributed by atoms with E-state index in [-0.39, 0.29) is 6.04 Å². The number of unbranched alkanes of at least 4 members (excludes halogenated alkanes) is 1. The van der Waals surface area contributed by atoms with Crippen molar-refractivity contribution in [3.63, 3.8) is 0 Å². The second kappa shape index (κ2) is 7.57. The average Bonchev–Trinajstić information content (AvgIpc) is 2.22. The highest BCUT2D eigenvalue weighted by atomic mass is 14.6. The number of rotatable bonds is 8.